The lowest BCUT2D eigenvalue weighted by atomic mass is 10.2. The van der Waals surface area contributed by atoms with Crippen molar-refractivity contribution in [2.24, 2.45) is 0 Å². The van der Waals surface area contributed by atoms with Crippen LogP contribution in [0.2, 0.25) is 0 Å². The lowest BCUT2D eigenvalue weighted by molar-refractivity contribution is -0.137. The van der Waals surface area contributed by atoms with Crippen molar-refractivity contribution in [3.63, 3.8) is 0 Å². The average molecular weight is 261 g/mol. The molecule has 0 amide bonds. The summed E-state index contributed by atoms with van der Waals surface area (Å²) in [6, 6.07) is -0.402. The lowest BCUT2D eigenvalue weighted by Gasteiger charge is -2.24. The number of aliphatic carboxylic acids is 1. The zero-order chi connectivity index (χ0) is 13.1. The van der Waals surface area contributed by atoms with Crippen molar-refractivity contribution < 1.29 is 18.3 Å². The largest absolute Gasteiger partial charge is 0.480 e. The van der Waals surface area contributed by atoms with Crippen molar-refractivity contribution in [1.82, 2.24) is 14.3 Å². The molecule has 0 fully saturated rings. The summed E-state index contributed by atoms with van der Waals surface area (Å²) in [5.41, 5.74) is 0. The summed E-state index contributed by atoms with van der Waals surface area (Å²) < 4.78 is 25.1. The Labute approximate surface area is 99.5 Å². The fraction of sp³-hybridized carbons (Fsp3) is 0.556. The van der Waals surface area contributed by atoms with Gasteiger partial charge in [-0.25, -0.2) is 13.4 Å². The van der Waals surface area contributed by atoms with Gasteiger partial charge in [0.15, 0.2) is 0 Å². The molecule has 0 aliphatic rings. The molecule has 8 heteroatoms. The molecule has 0 radical (unpaired) electrons. The third-order valence-corrected chi connectivity index (χ3v) is 4.22. The second kappa shape index (κ2) is 5.28. The average Bonchev–Trinajstić information content (AvgIpc) is 2.78. The number of rotatable bonds is 6. The summed E-state index contributed by atoms with van der Waals surface area (Å²) in [7, 11) is -3.88. The van der Waals surface area contributed by atoms with Gasteiger partial charge in [-0.1, -0.05) is 6.92 Å². The number of carboxylic acids is 1. The Morgan fingerprint density at radius 3 is 2.71 bits per heavy atom. The van der Waals surface area contributed by atoms with Gasteiger partial charge in [-0.15, -0.1) is 0 Å². The SMILES string of the molecule is CCC(C)N(CC(=O)O)S(=O)(=O)c1ncc[nH]1. The van der Waals surface area contributed by atoms with Crippen LogP contribution in [0.3, 0.4) is 0 Å². The van der Waals surface area contributed by atoms with Gasteiger partial charge >= 0.3 is 5.97 Å². The Kier molecular flexibility index (Phi) is 4.24. The Balaban J connectivity index is 3.09. The molecule has 1 rings (SSSR count). The number of nitrogens with zero attached hydrogens (tertiary/aromatic N) is 2. The number of imidazole rings is 1. The van der Waals surface area contributed by atoms with Crippen molar-refractivity contribution in [2.75, 3.05) is 6.54 Å². The zero-order valence-electron chi connectivity index (χ0n) is 9.62. The number of hydrogen-bond acceptors (Lipinski definition) is 4. The van der Waals surface area contributed by atoms with E-state index in [1.807, 2.05) is 0 Å². The molecular weight excluding hydrogens is 246 g/mol. The monoisotopic (exact) mass is 261 g/mol. The maximum Gasteiger partial charge on any atom is 0.318 e. The molecular formula is C9H15N3O4S. The minimum absolute atomic E-state index is 0.237. The van der Waals surface area contributed by atoms with Crippen LogP contribution in [0.25, 0.3) is 0 Å². The van der Waals surface area contributed by atoms with E-state index in [2.05, 4.69) is 9.97 Å². The van der Waals surface area contributed by atoms with Crippen molar-refractivity contribution in [3.05, 3.63) is 12.4 Å². The molecule has 96 valence electrons. The molecule has 2 N–H and O–H groups in total. The van der Waals surface area contributed by atoms with Crippen LogP contribution in [-0.2, 0) is 14.8 Å². The molecule has 1 atom stereocenters. The maximum atomic E-state index is 12.1. The minimum atomic E-state index is -3.88. The first kappa shape index (κ1) is 13.7. The summed E-state index contributed by atoms with van der Waals surface area (Å²) in [5.74, 6) is -1.19. The summed E-state index contributed by atoms with van der Waals surface area (Å²) in [6.45, 7) is 2.87. The van der Waals surface area contributed by atoms with E-state index in [4.69, 9.17) is 5.11 Å². The second-order valence-electron chi connectivity index (χ2n) is 3.60. The van der Waals surface area contributed by atoms with E-state index in [0.29, 0.717) is 6.42 Å². The summed E-state index contributed by atoms with van der Waals surface area (Å²) in [5, 5.41) is 8.52. The van der Waals surface area contributed by atoms with Gasteiger partial charge in [0.2, 0.25) is 5.16 Å². The molecule has 1 heterocycles. The molecule has 7 nitrogen and oxygen atoms in total. The lowest BCUT2D eigenvalue weighted by Crippen LogP contribution is -2.42. The van der Waals surface area contributed by atoms with Crippen LogP contribution >= 0.6 is 0 Å². The predicted molar refractivity (Wildman–Crippen MR) is 59.9 cm³/mol. The van der Waals surface area contributed by atoms with Gasteiger partial charge in [-0.05, 0) is 13.3 Å². The minimum Gasteiger partial charge on any atom is -0.480 e. The van der Waals surface area contributed by atoms with Crippen LogP contribution in [0.4, 0.5) is 0 Å². The maximum absolute atomic E-state index is 12.1. The van der Waals surface area contributed by atoms with Gasteiger partial charge in [-0.3, -0.25) is 4.79 Å². The van der Waals surface area contributed by atoms with Crippen molar-refractivity contribution in [2.45, 2.75) is 31.5 Å². The molecule has 0 aliphatic heterocycles. The number of carbonyl (C=O) groups is 1. The van der Waals surface area contributed by atoms with Crippen LogP contribution in [-0.4, -0.2) is 46.4 Å². The van der Waals surface area contributed by atoms with Crippen LogP contribution in [0.5, 0.6) is 0 Å². The van der Waals surface area contributed by atoms with Crippen molar-refractivity contribution >= 4 is 16.0 Å². The van der Waals surface area contributed by atoms with E-state index >= 15 is 0 Å². The van der Waals surface area contributed by atoms with Gasteiger partial charge in [0.25, 0.3) is 10.0 Å². The summed E-state index contributed by atoms with van der Waals surface area (Å²) >= 11 is 0. The standard InChI is InChI=1S/C9H15N3O4S/c1-3-7(2)12(6-8(13)14)17(15,16)9-10-4-5-11-9/h4-5,7H,3,6H2,1-2H3,(H,10,11)(H,13,14). The Bertz CT molecular complexity index is 468. The van der Waals surface area contributed by atoms with Gasteiger partial charge < -0.3 is 10.1 Å². The van der Waals surface area contributed by atoms with Gasteiger partial charge in [0.05, 0.1) is 0 Å². The topological polar surface area (TPSA) is 103 Å². The molecule has 0 saturated heterocycles. The van der Waals surface area contributed by atoms with Gasteiger partial charge in [-0.2, -0.15) is 4.31 Å². The molecule has 0 spiro atoms. The number of aromatic amines is 1. The van der Waals surface area contributed by atoms with Gasteiger partial charge in [0, 0.05) is 18.4 Å². The number of carboxylic acid groups (broad SMARTS) is 1. The van der Waals surface area contributed by atoms with E-state index in [9.17, 15) is 13.2 Å². The fourth-order valence-corrected chi connectivity index (χ4v) is 2.85. The molecule has 17 heavy (non-hydrogen) atoms. The highest BCUT2D eigenvalue weighted by Gasteiger charge is 2.31. The quantitative estimate of drug-likeness (QED) is 0.765. The predicted octanol–water partition coefficient (Wildman–Crippen LogP) is 0.283. The van der Waals surface area contributed by atoms with E-state index in [1.54, 1.807) is 13.8 Å². The molecule has 1 aromatic rings. The first-order valence-corrected chi connectivity index (χ1v) is 6.56. The highest BCUT2D eigenvalue weighted by atomic mass is 32.2. The number of hydrogen-bond donors (Lipinski definition) is 2. The number of sulfonamides is 1. The van der Waals surface area contributed by atoms with Crippen LogP contribution in [0, 0.1) is 0 Å². The Morgan fingerprint density at radius 1 is 1.65 bits per heavy atom. The Morgan fingerprint density at radius 2 is 2.29 bits per heavy atom. The van der Waals surface area contributed by atoms with Crippen molar-refractivity contribution in [3.8, 4) is 0 Å². The van der Waals surface area contributed by atoms with Crippen LogP contribution in [0.15, 0.2) is 17.6 Å². The molecule has 0 saturated carbocycles. The van der Waals surface area contributed by atoms with E-state index in [0.717, 1.165) is 4.31 Å². The number of nitrogens with one attached hydrogen (secondary N) is 1. The molecule has 0 aliphatic carbocycles. The first-order valence-electron chi connectivity index (χ1n) is 5.12. The van der Waals surface area contributed by atoms with Crippen LogP contribution < -0.4 is 0 Å². The number of aromatic nitrogens is 2. The highest BCUT2D eigenvalue weighted by Crippen LogP contribution is 2.15. The Hall–Kier alpha value is -1.41. The first-order chi connectivity index (χ1) is 7.89. The highest BCUT2D eigenvalue weighted by molar-refractivity contribution is 7.89. The second-order valence-corrected chi connectivity index (χ2v) is 5.40. The third kappa shape index (κ3) is 3.04. The summed E-state index contributed by atoms with van der Waals surface area (Å²) in [6.07, 6.45) is 3.21. The zero-order valence-corrected chi connectivity index (χ0v) is 10.4. The molecule has 1 unspecified atom stereocenters. The third-order valence-electron chi connectivity index (χ3n) is 2.40. The smallest absolute Gasteiger partial charge is 0.318 e. The molecule has 1 aromatic heterocycles. The van der Waals surface area contributed by atoms with Gasteiger partial charge in [0.1, 0.15) is 6.54 Å². The van der Waals surface area contributed by atoms with E-state index < -0.39 is 28.6 Å². The number of H-pyrrole nitrogens is 1. The van der Waals surface area contributed by atoms with Crippen LogP contribution in [0.1, 0.15) is 20.3 Å². The summed E-state index contributed by atoms with van der Waals surface area (Å²) in [4.78, 5) is 16.8. The van der Waals surface area contributed by atoms with Crippen molar-refractivity contribution in [1.29, 1.82) is 0 Å². The van der Waals surface area contributed by atoms with E-state index in [1.165, 1.54) is 12.4 Å². The molecule has 0 aromatic carbocycles. The molecule has 0 bridgehead atoms. The van der Waals surface area contributed by atoms with E-state index in [-0.39, 0.29) is 5.16 Å². The normalized spacial score (nSPS) is 13.8. The fourth-order valence-electron chi connectivity index (χ4n) is 1.32.